The van der Waals surface area contributed by atoms with Crippen molar-refractivity contribution in [3.05, 3.63) is 30.1 Å². The van der Waals surface area contributed by atoms with Crippen molar-refractivity contribution in [3.63, 3.8) is 0 Å². The van der Waals surface area contributed by atoms with E-state index in [4.69, 9.17) is 16.3 Å². The molecule has 0 amide bonds. The Kier molecular flexibility index (Phi) is 4.81. The highest BCUT2D eigenvalue weighted by atomic mass is 35.5. The number of aromatic nitrogens is 1. The van der Waals surface area contributed by atoms with Crippen LogP contribution in [0.5, 0.6) is 0 Å². The van der Waals surface area contributed by atoms with Crippen LogP contribution in [0.15, 0.2) is 24.4 Å². The molecule has 1 fully saturated rings. The standard InChI is InChI=1S/C14H20ClNO/c1-11(14-6-2-3-9-16-14)13(15)8-7-12-5-4-10-17-12/h2-3,6,9,11-13H,4-5,7-8,10H2,1H3. The third-order valence-corrected chi connectivity index (χ3v) is 4.08. The van der Waals surface area contributed by atoms with E-state index >= 15 is 0 Å². The summed E-state index contributed by atoms with van der Waals surface area (Å²) in [6, 6.07) is 6.00. The minimum Gasteiger partial charge on any atom is -0.378 e. The maximum absolute atomic E-state index is 6.45. The molecule has 0 aliphatic carbocycles. The number of nitrogens with zero attached hydrogens (tertiary/aromatic N) is 1. The number of alkyl halides is 1. The second-order valence-corrected chi connectivity index (χ2v) is 5.33. The highest BCUT2D eigenvalue weighted by Crippen LogP contribution is 2.27. The first-order chi connectivity index (χ1) is 8.27. The maximum Gasteiger partial charge on any atom is 0.0576 e. The van der Waals surface area contributed by atoms with Gasteiger partial charge in [0.1, 0.15) is 0 Å². The molecule has 1 aliphatic rings. The van der Waals surface area contributed by atoms with Crippen LogP contribution in [-0.4, -0.2) is 23.1 Å². The predicted octanol–water partition coefficient (Wildman–Crippen LogP) is 3.75. The van der Waals surface area contributed by atoms with Crippen LogP contribution in [0.25, 0.3) is 0 Å². The molecule has 3 heteroatoms. The molecular formula is C14H20ClNO. The van der Waals surface area contributed by atoms with E-state index in [0.717, 1.165) is 25.1 Å². The predicted molar refractivity (Wildman–Crippen MR) is 70.5 cm³/mol. The van der Waals surface area contributed by atoms with Crippen LogP contribution in [0.1, 0.15) is 44.2 Å². The minimum absolute atomic E-state index is 0.147. The minimum atomic E-state index is 0.147. The van der Waals surface area contributed by atoms with Crippen molar-refractivity contribution in [1.82, 2.24) is 4.98 Å². The van der Waals surface area contributed by atoms with Gasteiger partial charge in [-0.15, -0.1) is 11.6 Å². The zero-order valence-electron chi connectivity index (χ0n) is 10.3. The van der Waals surface area contributed by atoms with E-state index in [2.05, 4.69) is 11.9 Å². The lowest BCUT2D eigenvalue weighted by Crippen LogP contribution is -2.14. The SMILES string of the molecule is CC(c1ccccn1)C(Cl)CCC1CCCO1. The Morgan fingerprint density at radius 2 is 2.41 bits per heavy atom. The molecule has 0 aromatic carbocycles. The molecule has 0 radical (unpaired) electrons. The van der Waals surface area contributed by atoms with Gasteiger partial charge in [0.2, 0.25) is 0 Å². The molecule has 1 saturated heterocycles. The van der Waals surface area contributed by atoms with E-state index in [0.29, 0.717) is 12.0 Å². The first-order valence-electron chi connectivity index (χ1n) is 6.44. The van der Waals surface area contributed by atoms with Crippen LogP contribution >= 0.6 is 11.6 Å². The molecule has 2 rings (SSSR count). The highest BCUT2D eigenvalue weighted by molar-refractivity contribution is 6.21. The fraction of sp³-hybridized carbons (Fsp3) is 0.643. The fourth-order valence-corrected chi connectivity index (χ4v) is 2.55. The molecule has 0 spiro atoms. The van der Waals surface area contributed by atoms with Crippen LogP contribution in [-0.2, 0) is 4.74 Å². The van der Waals surface area contributed by atoms with Crippen molar-refractivity contribution in [2.45, 2.75) is 50.0 Å². The summed E-state index contributed by atoms with van der Waals surface area (Å²) in [5.74, 6) is 0.305. The van der Waals surface area contributed by atoms with E-state index in [-0.39, 0.29) is 5.38 Å². The van der Waals surface area contributed by atoms with Crippen LogP contribution in [0.2, 0.25) is 0 Å². The Labute approximate surface area is 108 Å². The molecule has 2 heterocycles. The van der Waals surface area contributed by atoms with E-state index in [1.54, 1.807) is 0 Å². The third-order valence-electron chi connectivity index (χ3n) is 3.49. The molecular weight excluding hydrogens is 234 g/mol. The van der Waals surface area contributed by atoms with Crippen molar-refractivity contribution in [2.75, 3.05) is 6.61 Å². The average molecular weight is 254 g/mol. The van der Waals surface area contributed by atoms with Gasteiger partial charge in [-0.05, 0) is 37.8 Å². The van der Waals surface area contributed by atoms with E-state index < -0.39 is 0 Å². The second-order valence-electron chi connectivity index (χ2n) is 4.77. The molecule has 1 aromatic heterocycles. The molecule has 3 unspecified atom stereocenters. The first-order valence-corrected chi connectivity index (χ1v) is 6.87. The Morgan fingerprint density at radius 3 is 3.06 bits per heavy atom. The lowest BCUT2D eigenvalue weighted by atomic mass is 9.97. The van der Waals surface area contributed by atoms with Crippen LogP contribution < -0.4 is 0 Å². The van der Waals surface area contributed by atoms with Gasteiger partial charge in [-0.3, -0.25) is 4.98 Å². The number of hydrogen-bond donors (Lipinski definition) is 0. The molecule has 17 heavy (non-hydrogen) atoms. The Balaban J connectivity index is 1.80. The topological polar surface area (TPSA) is 22.1 Å². The molecule has 2 nitrogen and oxygen atoms in total. The largest absolute Gasteiger partial charge is 0.378 e. The number of hydrogen-bond acceptors (Lipinski definition) is 2. The molecule has 1 aliphatic heterocycles. The van der Waals surface area contributed by atoms with Gasteiger partial charge in [-0.2, -0.15) is 0 Å². The summed E-state index contributed by atoms with van der Waals surface area (Å²) in [6.45, 7) is 3.07. The Morgan fingerprint density at radius 1 is 1.53 bits per heavy atom. The van der Waals surface area contributed by atoms with Crippen molar-refractivity contribution in [1.29, 1.82) is 0 Å². The Hall–Kier alpha value is -0.600. The van der Waals surface area contributed by atoms with Crippen LogP contribution in [0.4, 0.5) is 0 Å². The lowest BCUT2D eigenvalue weighted by molar-refractivity contribution is 0.102. The number of rotatable bonds is 5. The molecule has 0 saturated carbocycles. The van der Waals surface area contributed by atoms with Gasteiger partial charge in [-0.25, -0.2) is 0 Å². The molecule has 94 valence electrons. The molecule has 1 aromatic rings. The summed E-state index contributed by atoms with van der Waals surface area (Å²) >= 11 is 6.45. The van der Waals surface area contributed by atoms with Gasteiger partial charge in [0.25, 0.3) is 0 Å². The van der Waals surface area contributed by atoms with Gasteiger partial charge < -0.3 is 4.74 Å². The third kappa shape index (κ3) is 3.68. The maximum atomic E-state index is 6.45. The van der Waals surface area contributed by atoms with E-state index in [1.165, 1.54) is 12.8 Å². The van der Waals surface area contributed by atoms with E-state index in [9.17, 15) is 0 Å². The van der Waals surface area contributed by atoms with Crippen LogP contribution in [0, 0.1) is 0 Å². The van der Waals surface area contributed by atoms with Crippen molar-refractivity contribution < 1.29 is 4.74 Å². The van der Waals surface area contributed by atoms with E-state index in [1.807, 2.05) is 24.4 Å². The van der Waals surface area contributed by atoms with Crippen LogP contribution in [0.3, 0.4) is 0 Å². The normalized spacial score (nSPS) is 23.5. The fourth-order valence-electron chi connectivity index (χ4n) is 2.30. The summed E-state index contributed by atoms with van der Waals surface area (Å²) in [6.07, 6.45) is 6.74. The quantitative estimate of drug-likeness (QED) is 0.746. The van der Waals surface area contributed by atoms with Gasteiger partial charge in [-0.1, -0.05) is 13.0 Å². The number of ether oxygens (including phenoxy) is 1. The van der Waals surface area contributed by atoms with Gasteiger partial charge in [0.05, 0.1) is 6.10 Å². The van der Waals surface area contributed by atoms with Crippen molar-refractivity contribution in [2.24, 2.45) is 0 Å². The molecule has 0 bridgehead atoms. The van der Waals surface area contributed by atoms with Crippen molar-refractivity contribution in [3.8, 4) is 0 Å². The summed E-state index contributed by atoms with van der Waals surface area (Å²) in [5, 5.41) is 0.147. The monoisotopic (exact) mass is 253 g/mol. The zero-order chi connectivity index (χ0) is 12.1. The summed E-state index contributed by atoms with van der Waals surface area (Å²) in [5.41, 5.74) is 1.08. The first kappa shape index (κ1) is 12.8. The summed E-state index contributed by atoms with van der Waals surface area (Å²) in [7, 11) is 0. The van der Waals surface area contributed by atoms with Gasteiger partial charge in [0, 0.05) is 29.8 Å². The summed E-state index contributed by atoms with van der Waals surface area (Å²) in [4.78, 5) is 4.36. The lowest BCUT2D eigenvalue weighted by Gasteiger charge is -2.19. The second kappa shape index (κ2) is 6.36. The average Bonchev–Trinajstić information content (AvgIpc) is 2.89. The van der Waals surface area contributed by atoms with Gasteiger partial charge in [0.15, 0.2) is 0 Å². The zero-order valence-corrected chi connectivity index (χ0v) is 11.1. The molecule has 0 N–H and O–H groups in total. The van der Waals surface area contributed by atoms with Gasteiger partial charge >= 0.3 is 0 Å². The summed E-state index contributed by atoms with van der Waals surface area (Å²) < 4.78 is 5.61. The number of halogens is 1. The number of pyridine rings is 1. The Bertz CT molecular complexity index is 324. The smallest absolute Gasteiger partial charge is 0.0576 e. The molecule has 3 atom stereocenters. The highest BCUT2D eigenvalue weighted by Gasteiger charge is 2.21. The van der Waals surface area contributed by atoms with Crippen molar-refractivity contribution >= 4 is 11.6 Å².